The normalized spacial score (nSPS) is 23.0. The molecule has 3 aliphatic rings. The van der Waals surface area contributed by atoms with Gasteiger partial charge < -0.3 is 107 Å². The molecule has 12 amide bonds. The van der Waals surface area contributed by atoms with E-state index in [1.165, 1.54) is 0 Å². The van der Waals surface area contributed by atoms with Gasteiger partial charge in [-0.25, -0.2) is 0 Å². The Morgan fingerprint density at radius 2 is 1.30 bits per heavy atom. The molecule has 36 heteroatoms. The minimum absolute atomic E-state index is 0.000555. The number of aromatic amines is 1. The van der Waals surface area contributed by atoms with Gasteiger partial charge in [-0.05, 0) is 81.4 Å². The van der Waals surface area contributed by atoms with E-state index in [4.69, 9.17) is 39.2 Å². The van der Waals surface area contributed by atoms with Gasteiger partial charge in [-0.15, -0.1) is 0 Å². The lowest BCUT2D eigenvalue weighted by molar-refractivity contribution is -0.152. The van der Waals surface area contributed by atoms with Crippen LogP contribution in [0.25, 0.3) is 10.9 Å². The highest BCUT2D eigenvalue weighted by Gasteiger charge is 2.46. The summed E-state index contributed by atoms with van der Waals surface area (Å²) in [6, 6.07) is 0.907. The van der Waals surface area contributed by atoms with Gasteiger partial charge in [-0.3, -0.25) is 72.3 Å². The summed E-state index contributed by atoms with van der Waals surface area (Å²) in [6.07, 6.45) is -2.19. The van der Waals surface area contributed by atoms with E-state index in [0.717, 1.165) is 27.6 Å². The lowest BCUT2D eigenvalue weighted by atomic mass is 10.0. The maximum absolute atomic E-state index is 15.2. The third-order valence-corrected chi connectivity index (χ3v) is 17.5. The number of rotatable bonds is 27. The highest BCUT2D eigenvalue weighted by Crippen LogP contribution is 2.25. The zero-order valence-electron chi connectivity index (χ0n) is 57.3. The summed E-state index contributed by atoms with van der Waals surface area (Å²) in [5.41, 5.74) is 37.8. The second-order valence-electron chi connectivity index (χ2n) is 25.6. The highest BCUT2D eigenvalue weighted by molar-refractivity contribution is 6.00. The number of nitrogens with one attached hydrogen (secondary N) is 10. The molecule has 2 unspecified atom stereocenters. The monoisotopic (exact) mass is 1430 g/mol. The molecule has 0 spiro atoms. The number of carbonyl (C=O) groups is 13. The molecule has 3 aliphatic heterocycles. The molecule has 0 aliphatic carbocycles. The van der Waals surface area contributed by atoms with Gasteiger partial charge in [0.15, 0.2) is 11.9 Å². The number of hydrogen-bond acceptors (Lipinski definition) is 19. The first kappa shape index (κ1) is 80.5. The number of fused-ring (bicyclic) bond motifs is 2. The second-order valence-corrected chi connectivity index (χ2v) is 25.6. The summed E-state index contributed by atoms with van der Waals surface area (Å²) in [5.74, 6) is -12.1. The molecule has 12 atom stereocenters. The van der Waals surface area contributed by atoms with Crippen molar-refractivity contribution in [2.24, 2.45) is 44.4 Å². The largest absolute Gasteiger partial charge is 0.391 e. The summed E-state index contributed by atoms with van der Waals surface area (Å²) < 4.78 is 0. The van der Waals surface area contributed by atoms with Gasteiger partial charge in [-0.2, -0.15) is 5.48 Å². The standard InChI is InChI=1S/C66H98N20O16/c1-3-4-18-44(80-61(98)51-30-39(88)34-85(51)63(100)46(21-10-12-25-73-65(69)70)81-60(97)50(32-53(67)90)77-36(2)87)56(93)82-47-23-24-54(91)102-76-27-13-11-20-43(55(68)92)78-59(96)49(29-38-33-75-42-19-9-8-17-41(38)42)83-57(94)45(22-14-26-74-66(71)72)79-58(95)48(28-37-15-6-5-7-16-37)84-62(99)52-31-40(89)35-86(52)64(47)101/h5-9,15-17,19,33,39-40,43-52,75-76,88-89H,3-4,10-14,18,20-32,34-35H2,1-2H3,(H2,67,90)(H2,68,92)(H,77,87)(H,78,96)(H,79,95)(H,80,98)(H,81,97)(H,82,93)(H,83,94)(H,84,99)(H4,69,70,73)(H4,71,72,74)/t39?,40?,43-,44-,45-,46-,47-,48+,49-,50-,51-,52-/m0/s1. The van der Waals surface area contributed by atoms with Crippen LogP contribution in [-0.4, -0.2) is 219 Å². The molecule has 24 N–H and O–H groups in total. The average Bonchev–Trinajstić information content (AvgIpc) is 1.65. The predicted octanol–water partition coefficient (Wildman–Crippen LogP) is -5.16. The molecular weight excluding hydrogens is 1330 g/mol. The Morgan fingerprint density at radius 1 is 0.667 bits per heavy atom. The molecule has 0 radical (unpaired) electrons. The number of aliphatic hydroxyl groups is 2. The van der Waals surface area contributed by atoms with E-state index in [2.05, 4.69) is 63.0 Å². The zero-order valence-corrected chi connectivity index (χ0v) is 57.3. The van der Waals surface area contributed by atoms with Crippen molar-refractivity contribution in [3.8, 4) is 0 Å². The van der Waals surface area contributed by atoms with Gasteiger partial charge in [0.1, 0.15) is 60.4 Å². The maximum Gasteiger partial charge on any atom is 0.324 e. The molecule has 0 saturated carbocycles. The first-order valence-electron chi connectivity index (χ1n) is 34.2. The summed E-state index contributed by atoms with van der Waals surface area (Å²) in [4.78, 5) is 201. The van der Waals surface area contributed by atoms with Crippen molar-refractivity contribution in [2.45, 2.75) is 202 Å². The van der Waals surface area contributed by atoms with Crippen molar-refractivity contribution < 1.29 is 77.4 Å². The fourth-order valence-electron chi connectivity index (χ4n) is 12.3. The number of hydroxylamine groups is 1. The number of benzene rings is 2. The average molecular weight is 1430 g/mol. The molecular formula is C66H98N20O16. The van der Waals surface area contributed by atoms with Crippen molar-refractivity contribution in [1.29, 1.82) is 0 Å². The number of primary amides is 2. The molecule has 2 aromatic carbocycles. The minimum atomic E-state index is -1.71. The summed E-state index contributed by atoms with van der Waals surface area (Å²) in [7, 11) is 0. The van der Waals surface area contributed by atoms with Crippen molar-refractivity contribution in [3.05, 3.63) is 71.9 Å². The number of β-amino-alcohol motifs (C(OH)–C–C–N with tert-alkyl or cyclic N) is 1. The molecule has 1 aromatic heterocycles. The van der Waals surface area contributed by atoms with Gasteiger partial charge in [0, 0.05) is 88.9 Å². The topological polar surface area (TPSA) is 583 Å². The second kappa shape index (κ2) is 40.1. The Kier molecular flexibility index (Phi) is 31.6. The first-order valence-corrected chi connectivity index (χ1v) is 34.2. The molecule has 36 nitrogen and oxygen atoms in total. The van der Waals surface area contributed by atoms with E-state index in [9.17, 15) is 67.7 Å². The minimum Gasteiger partial charge on any atom is -0.391 e. The SMILES string of the molecule is CCCC[C@H](NC(=O)[C@@H]1CC(O)CN1C(=O)[C@H](CCCCN=C(N)N)NC(=O)[C@H](CC(N)=O)NC(C)=O)C(=O)N[C@H]1CCC(=O)ONCCCC[C@@H](C(N)=O)NC(=O)[C@H](Cc2c[nH]c3ccccc23)NC(=O)[C@H](CCCN=C(N)N)NC(=O)[C@@H](Cc2ccccc2)NC(=O)[C@@H]2CC(O)CN2C1=O. The molecule has 6 rings (SSSR count). The Bertz CT molecular complexity index is 3480. The van der Waals surface area contributed by atoms with Crippen LogP contribution in [0.5, 0.6) is 0 Å². The maximum atomic E-state index is 15.2. The lowest BCUT2D eigenvalue weighted by Gasteiger charge is -2.32. The van der Waals surface area contributed by atoms with E-state index in [-0.39, 0.29) is 109 Å². The van der Waals surface area contributed by atoms with Gasteiger partial charge in [-0.1, -0.05) is 68.3 Å². The van der Waals surface area contributed by atoms with Crippen LogP contribution in [0.15, 0.2) is 70.8 Å². The number of carbonyl (C=O) groups excluding carboxylic acids is 13. The fourth-order valence-corrected chi connectivity index (χ4v) is 12.3. The molecule has 3 fully saturated rings. The van der Waals surface area contributed by atoms with Crippen LogP contribution in [0.1, 0.15) is 128 Å². The van der Waals surface area contributed by atoms with Crippen molar-refractivity contribution in [1.82, 2.24) is 62.8 Å². The summed E-state index contributed by atoms with van der Waals surface area (Å²) >= 11 is 0. The van der Waals surface area contributed by atoms with Crippen LogP contribution in [0.4, 0.5) is 0 Å². The Balaban J connectivity index is 1.31. The third-order valence-electron chi connectivity index (χ3n) is 17.5. The Labute approximate surface area is 588 Å². The molecule has 0 bridgehead atoms. The predicted molar refractivity (Wildman–Crippen MR) is 370 cm³/mol. The summed E-state index contributed by atoms with van der Waals surface area (Å²) in [6.45, 7) is 2.12. The number of unbranched alkanes of at least 4 members (excludes halogenated alkanes) is 2. The van der Waals surface area contributed by atoms with E-state index >= 15 is 4.79 Å². The number of guanidine groups is 2. The van der Waals surface area contributed by atoms with Gasteiger partial charge >= 0.3 is 5.97 Å². The van der Waals surface area contributed by atoms with Crippen molar-refractivity contribution in [3.63, 3.8) is 0 Å². The molecule has 3 saturated heterocycles. The fraction of sp³-hybridized carbons (Fsp3) is 0.561. The lowest BCUT2D eigenvalue weighted by Crippen LogP contribution is -2.60. The molecule has 558 valence electrons. The smallest absolute Gasteiger partial charge is 0.324 e. The van der Waals surface area contributed by atoms with Crippen LogP contribution < -0.4 is 82.4 Å². The van der Waals surface area contributed by atoms with Gasteiger partial charge in [0.05, 0.1) is 18.6 Å². The number of nitrogens with two attached hydrogens (primary N) is 6. The number of aliphatic imine (C=N–C) groups is 2. The Hall–Kier alpha value is -10.5. The van der Waals surface area contributed by atoms with Crippen LogP contribution in [0.2, 0.25) is 0 Å². The zero-order chi connectivity index (χ0) is 74.6. The number of amides is 12. The van der Waals surface area contributed by atoms with E-state index in [1.54, 1.807) is 49.5 Å². The quantitative estimate of drug-likeness (QED) is 0.0193. The number of aliphatic hydroxyl groups excluding tert-OH is 2. The summed E-state index contributed by atoms with van der Waals surface area (Å²) in [5, 5.41) is 44.2. The van der Waals surface area contributed by atoms with Crippen molar-refractivity contribution in [2.75, 3.05) is 32.7 Å². The van der Waals surface area contributed by atoms with Crippen LogP contribution >= 0.6 is 0 Å². The van der Waals surface area contributed by atoms with E-state index < -0.39 is 182 Å². The molecule has 3 aromatic rings. The number of hydrogen-bond donors (Lipinski definition) is 18. The number of nitrogens with zero attached hydrogens (tertiary/aromatic N) is 4. The van der Waals surface area contributed by atoms with Crippen LogP contribution in [-0.2, 0) is 80.0 Å². The number of aromatic nitrogens is 1. The van der Waals surface area contributed by atoms with Gasteiger partial charge in [0.25, 0.3) is 0 Å². The van der Waals surface area contributed by atoms with E-state index in [0.29, 0.717) is 30.4 Å². The highest BCUT2D eigenvalue weighted by atomic mass is 16.7. The van der Waals surface area contributed by atoms with Crippen LogP contribution in [0, 0.1) is 0 Å². The Morgan fingerprint density at radius 3 is 1.99 bits per heavy atom. The number of likely N-dealkylation sites (tertiary alicyclic amines) is 1. The number of H-pyrrole nitrogens is 1. The molecule has 4 heterocycles. The molecule has 102 heavy (non-hydrogen) atoms. The van der Waals surface area contributed by atoms with Gasteiger partial charge in [0.2, 0.25) is 70.9 Å². The first-order chi connectivity index (χ1) is 48.6. The number of para-hydroxylation sites is 1. The van der Waals surface area contributed by atoms with E-state index in [1.807, 2.05) is 18.2 Å². The van der Waals surface area contributed by atoms with Crippen molar-refractivity contribution >= 4 is 99.7 Å². The van der Waals surface area contributed by atoms with Crippen LogP contribution in [0.3, 0.4) is 0 Å². The third kappa shape index (κ3) is 25.3.